The molecule has 0 aromatic heterocycles. The maximum Gasteiger partial charge on any atom is 0.329 e. The second-order valence-electron chi connectivity index (χ2n) is 5.42. The number of hydrogen-bond acceptors (Lipinski definition) is 4. The molecule has 2 rings (SSSR count). The van der Waals surface area contributed by atoms with Gasteiger partial charge in [-0.2, -0.15) is 0 Å². The number of aryl methyl sites for hydroxylation is 1. The number of rotatable bonds is 3. The van der Waals surface area contributed by atoms with E-state index in [0.29, 0.717) is 18.7 Å². The molecular formula is C15H21NO4S. The van der Waals surface area contributed by atoms with Gasteiger partial charge < -0.3 is 4.74 Å². The van der Waals surface area contributed by atoms with Crippen molar-refractivity contribution in [3.63, 3.8) is 0 Å². The number of benzene rings is 1. The van der Waals surface area contributed by atoms with Gasteiger partial charge in [0.25, 0.3) is 10.0 Å². The molecule has 1 aliphatic heterocycles. The summed E-state index contributed by atoms with van der Waals surface area (Å²) in [7, 11) is -3.80. The van der Waals surface area contributed by atoms with Crippen LogP contribution in [-0.4, -0.2) is 32.3 Å². The van der Waals surface area contributed by atoms with Gasteiger partial charge in [-0.25, -0.2) is 8.42 Å². The summed E-state index contributed by atoms with van der Waals surface area (Å²) in [5.41, 5.74) is 1.50. The minimum Gasteiger partial charge on any atom is -0.465 e. The number of hydrogen-bond donors (Lipinski definition) is 0. The number of para-hydroxylation sites is 1. The highest BCUT2D eigenvalue weighted by molar-refractivity contribution is 7.95. The molecule has 1 aromatic rings. The first kappa shape index (κ1) is 15.8. The van der Waals surface area contributed by atoms with Gasteiger partial charge in [0.2, 0.25) is 0 Å². The quantitative estimate of drug-likeness (QED) is 0.803. The zero-order valence-corrected chi connectivity index (χ0v) is 13.4. The number of carbonyl (C=O) groups excluding carboxylic acids is 1. The molecule has 116 valence electrons. The second kappa shape index (κ2) is 5.67. The number of sulfonamides is 1. The summed E-state index contributed by atoms with van der Waals surface area (Å²) in [4.78, 5) is 12.2. The van der Waals surface area contributed by atoms with E-state index in [1.165, 1.54) is 11.2 Å². The normalized spacial score (nSPS) is 24.6. The second-order valence-corrected chi connectivity index (χ2v) is 7.71. The Hall–Kier alpha value is -1.56. The third kappa shape index (κ3) is 2.52. The lowest BCUT2D eigenvalue weighted by molar-refractivity contribution is -0.146. The van der Waals surface area contributed by atoms with Gasteiger partial charge in [-0.1, -0.05) is 18.2 Å². The van der Waals surface area contributed by atoms with Gasteiger partial charge in [0.05, 0.1) is 12.3 Å². The molecule has 0 radical (unpaired) electrons. The zero-order valence-electron chi connectivity index (χ0n) is 12.6. The standard InChI is InChI=1S/C15H21NO4S/c1-4-20-14(17)15(3)10-7-11-16(21(15,18)19)13-9-6-5-8-12(13)2/h5-6,8-9H,4,7,10-11H2,1-3H3. The summed E-state index contributed by atoms with van der Waals surface area (Å²) in [6.07, 6.45) is 0.916. The van der Waals surface area contributed by atoms with Crippen LogP contribution >= 0.6 is 0 Å². The molecule has 1 aliphatic rings. The highest BCUT2D eigenvalue weighted by atomic mass is 32.2. The first-order chi connectivity index (χ1) is 9.84. The highest BCUT2D eigenvalue weighted by Crippen LogP contribution is 2.37. The predicted octanol–water partition coefficient (Wildman–Crippen LogP) is 2.25. The maximum atomic E-state index is 12.9. The summed E-state index contributed by atoms with van der Waals surface area (Å²) >= 11 is 0. The lowest BCUT2D eigenvalue weighted by Gasteiger charge is -2.39. The largest absolute Gasteiger partial charge is 0.465 e. The molecule has 0 amide bonds. The van der Waals surface area contributed by atoms with Gasteiger partial charge in [-0.15, -0.1) is 0 Å². The Labute approximate surface area is 126 Å². The van der Waals surface area contributed by atoms with E-state index in [2.05, 4.69) is 0 Å². The van der Waals surface area contributed by atoms with E-state index < -0.39 is 20.7 Å². The molecule has 0 bridgehead atoms. The molecule has 1 aromatic carbocycles. The van der Waals surface area contributed by atoms with Gasteiger partial charge in [-0.05, 0) is 45.2 Å². The van der Waals surface area contributed by atoms with Crippen LogP contribution in [0.25, 0.3) is 0 Å². The van der Waals surface area contributed by atoms with Gasteiger partial charge >= 0.3 is 5.97 Å². The highest BCUT2D eigenvalue weighted by Gasteiger charge is 2.53. The molecule has 0 saturated carbocycles. The minimum absolute atomic E-state index is 0.175. The Morgan fingerprint density at radius 1 is 1.38 bits per heavy atom. The van der Waals surface area contributed by atoms with Crippen molar-refractivity contribution in [2.45, 2.75) is 38.4 Å². The molecule has 6 heteroatoms. The van der Waals surface area contributed by atoms with Gasteiger partial charge in [0.15, 0.2) is 4.75 Å². The molecule has 0 N–H and O–H groups in total. The van der Waals surface area contributed by atoms with E-state index in [4.69, 9.17) is 4.74 Å². The maximum absolute atomic E-state index is 12.9. The van der Waals surface area contributed by atoms with Gasteiger partial charge in [0.1, 0.15) is 0 Å². The van der Waals surface area contributed by atoms with Crippen LogP contribution in [0.4, 0.5) is 5.69 Å². The molecule has 1 saturated heterocycles. The number of esters is 1. The SMILES string of the molecule is CCOC(=O)C1(C)CCCN(c2ccccc2C)S1(=O)=O. The Bertz CT molecular complexity index is 641. The van der Waals surface area contributed by atoms with E-state index in [0.717, 1.165) is 5.56 Å². The fourth-order valence-corrected chi connectivity index (χ4v) is 4.63. The molecule has 1 unspecified atom stereocenters. The fraction of sp³-hybridized carbons (Fsp3) is 0.533. The van der Waals surface area contributed by atoms with Crippen molar-refractivity contribution < 1.29 is 17.9 Å². The van der Waals surface area contributed by atoms with Crippen LogP contribution in [0.5, 0.6) is 0 Å². The summed E-state index contributed by atoms with van der Waals surface area (Å²) < 4.78 is 30.7. The number of carbonyl (C=O) groups is 1. The van der Waals surface area contributed by atoms with Crippen LogP contribution in [-0.2, 0) is 19.6 Å². The van der Waals surface area contributed by atoms with Crippen LogP contribution in [0.1, 0.15) is 32.3 Å². The monoisotopic (exact) mass is 311 g/mol. The fourth-order valence-electron chi connectivity index (χ4n) is 2.64. The van der Waals surface area contributed by atoms with Crippen molar-refractivity contribution in [3.8, 4) is 0 Å². The van der Waals surface area contributed by atoms with E-state index in [1.807, 2.05) is 19.1 Å². The van der Waals surface area contributed by atoms with Crippen molar-refractivity contribution in [2.24, 2.45) is 0 Å². The molecule has 1 atom stereocenters. The lowest BCUT2D eigenvalue weighted by Crippen LogP contribution is -2.56. The molecule has 0 aliphatic carbocycles. The Balaban J connectivity index is 2.47. The van der Waals surface area contributed by atoms with E-state index in [9.17, 15) is 13.2 Å². The summed E-state index contributed by atoms with van der Waals surface area (Å²) in [5.74, 6) is -0.664. The minimum atomic E-state index is -3.80. The van der Waals surface area contributed by atoms with Crippen molar-refractivity contribution >= 4 is 21.7 Å². The number of ether oxygens (including phenoxy) is 1. The summed E-state index contributed by atoms with van der Waals surface area (Å²) in [5, 5.41) is 0. The van der Waals surface area contributed by atoms with Gasteiger partial charge in [-0.3, -0.25) is 9.10 Å². The third-order valence-electron chi connectivity index (χ3n) is 3.97. The van der Waals surface area contributed by atoms with Crippen molar-refractivity contribution in [2.75, 3.05) is 17.5 Å². The smallest absolute Gasteiger partial charge is 0.329 e. The van der Waals surface area contributed by atoms with Crippen LogP contribution in [0.3, 0.4) is 0 Å². The Kier molecular flexibility index (Phi) is 4.27. The number of anilines is 1. The lowest BCUT2D eigenvalue weighted by atomic mass is 10.0. The Morgan fingerprint density at radius 3 is 2.67 bits per heavy atom. The van der Waals surface area contributed by atoms with E-state index in [1.54, 1.807) is 19.1 Å². The molecule has 1 heterocycles. The van der Waals surface area contributed by atoms with Crippen LogP contribution in [0.2, 0.25) is 0 Å². The first-order valence-corrected chi connectivity index (χ1v) is 8.53. The van der Waals surface area contributed by atoms with E-state index in [-0.39, 0.29) is 13.0 Å². The molecule has 5 nitrogen and oxygen atoms in total. The zero-order chi connectivity index (χ0) is 15.7. The summed E-state index contributed by atoms with van der Waals surface area (Å²) in [6, 6.07) is 7.29. The third-order valence-corrected chi connectivity index (χ3v) is 6.43. The predicted molar refractivity (Wildman–Crippen MR) is 81.7 cm³/mol. The molecule has 1 fully saturated rings. The van der Waals surface area contributed by atoms with Crippen molar-refractivity contribution in [3.05, 3.63) is 29.8 Å². The van der Waals surface area contributed by atoms with Crippen molar-refractivity contribution in [1.29, 1.82) is 0 Å². The average Bonchev–Trinajstić information content (AvgIpc) is 2.43. The average molecular weight is 311 g/mol. The molecule has 0 spiro atoms. The molecule has 21 heavy (non-hydrogen) atoms. The first-order valence-electron chi connectivity index (χ1n) is 7.09. The van der Waals surface area contributed by atoms with E-state index >= 15 is 0 Å². The number of nitrogens with zero attached hydrogens (tertiary/aromatic N) is 1. The van der Waals surface area contributed by atoms with Crippen LogP contribution in [0, 0.1) is 6.92 Å². The van der Waals surface area contributed by atoms with Crippen LogP contribution < -0.4 is 4.31 Å². The topological polar surface area (TPSA) is 63.7 Å². The van der Waals surface area contributed by atoms with Crippen molar-refractivity contribution in [1.82, 2.24) is 0 Å². The Morgan fingerprint density at radius 2 is 2.05 bits per heavy atom. The summed E-state index contributed by atoms with van der Waals surface area (Å²) in [6.45, 7) is 5.57. The van der Waals surface area contributed by atoms with Gasteiger partial charge in [0, 0.05) is 6.54 Å². The van der Waals surface area contributed by atoms with Crippen LogP contribution in [0.15, 0.2) is 24.3 Å². The molecular weight excluding hydrogens is 290 g/mol.